The van der Waals surface area contributed by atoms with E-state index in [0.29, 0.717) is 24.5 Å². The number of nitrogens with zero attached hydrogens (tertiary/aromatic N) is 1. The molecule has 0 aliphatic rings. The van der Waals surface area contributed by atoms with E-state index in [1.54, 1.807) is 4.90 Å². The van der Waals surface area contributed by atoms with Gasteiger partial charge in [0, 0.05) is 18.1 Å². The molecule has 0 radical (unpaired) electrons. The number of carbonyl (C=O) groups excluding carboxylic acids is 2. The number of halogens is 1. The summed E-state index contributed by atoms with van der Waals surface area (Å²) < 4.78 is 0. The van der Waals surface area contributed by atoms with Gasteiger partial charge in [0.2, 0.25) is 11.8 Å². The Bertz CT molecular complexity index is 830. The van der Waals surface area contributed by atoms with Crippen molar-refractivity contribution in [1.29, 1.82) is 0 Å². The lowest BCUT2D eigenvalue weighted by atomic mass is 10.0. The Morgan fingerprint density at radius 2 is 1.72 bits per heavy atom. The first-order valence-corrected chi connectivity index (χ1v) is 10.6. The summed E-state index contributed by atoms with van der Waals surface area (Å²) in [5.41, 5.74) is 4.04. The van der Waals surface area contributed by atoms with Gasteiger partial charge >= 0.3 is 0 Å². The number of hydrogen-bond acceptors (Lipinski definition) is 2. The highest BCUT2D eigenvalue weighted by Gasteiger charge is 2.28. The Labute approximate surface area is 179 Å². The lowest BCUT2D eigenvalue weighted by Crippen LogP contribution is -2.49. The summed E-state index contributed by atoms with van der Waals surface area (Å²) in [6, 6.07) is 13.1. The van der Waals surface area contributed by atoms with Crippen molar-refractivity contribution in [2.24, 2.45) is 0 Å². The van der Waals surface area contributed by atoms with Crippen LogP contribution in [0.3, 0.4) is 0 Å². The maximum Gasteiger partial charge on any atom is 0.242 e. The van der Waals surface area contributed by atoms with Gasteiger partial charge in [0.25, 0.3) is 0 Å². The van der Waals surface area contributed by atoms with Gasteiger partial charge in [0.1, 0.15) is 6.04 Å². The quantitative estimate of drug-likeness (QED) is 0.638. The molecule has 2 aromatic carbocycles. The highest BCUT2D eigenvalue weighted by molar-refractivity contribution is 6.31. The molecule has 0 saturated heterocycles. The Balaban J connectivity index is 2.32. The van der Waals surface area contributed by atoms with Crippen LogP contribution in [0.5, 0.6) is 0 Å². The molecule has 5 heteroatoms. The predicted octanol–water partition coefficient (Wildman–Crippen LogP) is 4.83. The van der Waals surface area contributed by atoms with Crippen molar-refractivity contribution in [3.8, 4) is 0 Å². The molecule has 4 nitrogen and oxygen atoms in total. The van der Waals surface area contributed by atoms with Gasteiger partial charge in [0.05, 0.1) is 6.42 Å². The van der Waals surface area contributed by atoms with Crippen molar-refractivity contribution in [3.05, 3.63) is 69.7 Å². The number of benzene rings is 2. The highest BCUT2D eigenvalue weighted by atomic mass is 35.5. The fraction of sp³-hybridized carbons (Fsp3) is 0.417. The summed E-state index contributed by atoms with van der Waals surface area (Å²) >= 11 is 6.35. The average molecular weight is 415 g/mol. The third-order valence-electron chi connectivity index (χ3n) is 4.87. The van der Waals surface area contributed by atoms with Crippen molar-refractivity contribution in [2.75, 3.05) is 6.54 Å². The standard InChI is InChI=1S/C24H31ClN2O2/c1-5-11-26-24(29)22(6-2)27(16-20-9-7-8-10-21(20)25)23(28)15-19-13-17(3)12-18(4)14-19/h7-10,12-14,22H,5-6,11,15-16H2,1-4H3,(H,26,29)/t22-/m1/s1. The van der Waals surface area contributed by atoms with E-state index >= 15 is 0 Å². The van der Waals surface area contributed by atoms with Crippen molar-refractivity contribution in [2.45, 2.75) is 59.5 Å². The van der Waals surface area contributed by atoms with Crippen LogP contribution >= 0.6 is 11.6 Å². The SMILES string of the molecule is CCCNC(=O)[C@@H](CC)N(Cc1ccccc1Cl)C(=O)Cc1cc(C)cc(C)c1. The Morgan fingerprint density at radius 1 is 1.07 bits per heavy atom. The molecular formula is C24H31ClN2O2. The molecule has 0 bridgehead atoms. The summed E-state index contributed by atoms with van der Waals surface area (Å²) in [5, 5.41) is 3.53. The van der Waals surface area contributed by atoms with Crippen LogP contribution in [0.2, 0.25) is 5.02 Å². The second-order valence-corrected chi connectivity index (χ2v) is 7.91. The number of aryl methyl sites for hydroxylation is 2. The Hall–Kier alpha value is -2.33. The molecule has 0 aromatic heterocycles. The summed E-state index contributed by atoms with van der Waals surface area (Å²) in [6.45, 7) is 8.89. The monoisotopic (exact) mass is 414 g/mol. The Kier molecular flexibility index (Phi) is 8.71. The number of hydrogen-bond donors (Lipinski definition) is 1. The van der Waals surface area contributed by atoms with Crippen molar-refractivity contribution in [1.82, 2.24) is 10.2 Å². The number of carbonyl (C=O) groups is 2. The first-order chi connectivity index (χ1) is 13.8. The summed E-state index contributed by atoms with van der Waals surface area (Å²) in [5.74, 6) is -0.191. The van der Waals surface area contributed by atoms with Crippen molar-refractivity contribution >= 4 is 23.4 Å². The van der Waals surface area contributed by atoms with E-state index < -0.39 is 6.04 Å². The molecule has 0 aliphatic heterocycles. The van der Waals surface area contributed by atoms with Crippen molar-refractivity contribution < 1.29 is 9.59 Å². The molecule has 2 amide bonds. The largest absolute Gasteiger partial charge is 0.354 e. The molecule has 0 unspecified atom stereocenters. The van der Waals surface area contributed by atoms with Gasteiger partial charge in [-0.1, -0.05) is 73.0 Å². The molecule has 0 aliphatic carbocycles. The lowest BCUT2D eigenvalue weighted by molar-refractivity contribution is -0.140. The molecule has 2 aromatic rings. The van der Waals surface area contributed by atoms with Gasteiger partial charge < -0.3 is 10.2 Å². The molecule has 0 fully saturated rings. The molecule has 2 rings (SSSR count). The van der Waals surface area contributed by atoms with Crippen LogP contribution in [0.4, 0.5) is 0 Å². The number of nitrogens with one attached hydrogen (secondary N) is 1. The first-order valence-electron chi connectivity index (χ1n) is 10.2. The summed E-state index contributed by atoms with van der Waals surface area (Å²) in [4.78, 5) is 27.8. The van der Waals surface area contributed by atoms with E-state index in [0.717, 1.165) is 28.7 Å². The average Bonchev–Trinajstić information content (AvgIpc) is 2.66. The van der Waals surface area contributed by atoms with Crippen LogP contribution in [-0.4, -0.2) is 29.3 Å². The molecule has 1 atom stereocenters. The van der Waals surface area contributed by atoms with Gasteiger partial charge in [-0.15, -0.1) is 0 Å². The first kappa shape index (κ1) is 23.0. The van der Waals surface area contributed by atoms with Gasteiger partial charge in [0.15, 0.2) is 0 Å². The third kappa shape index (κ3) is 6.60. The molecule has 29 heavy (non-hydrogen) atoms. The highest BCUT2D eigenvalue weighted by Crippen LogP contribution is 2.21. The second-order valence-electron chi connectivity index (χ2n) is 7.50. The summed E-state index contributed by atoms with van der Waals surface area (Å²) in [6.07, 6.45) is 1.65. The normalized spacial score (nSPS) is 11.8. The molecule has 0 heterocycles. The van der Waals surface area contributed by atoms with Crippen LogP contribution in [-0.2, 0) is 22.6 Å². The van der Waals surface area contributed by atoms with E-state index in [1.807, 2.05) is 64.1 Å². The van der Waals surface area contributed by atoms with Crippen LogP contribution in [0.25, 0.3) is 0 Å². The molecule has 156 valence electrons. The van der Waals surface area contributed by atoms with Crippen molar-refractivity contribution in [3.63, 3.8) is 0 Å². The van der Waals surface area contributed by atoms with Crippen LogP contribution in [0.1, 0.15) is 48.9 Å². The van der Waals surface area contributed by atoms with Crippen LogP contribution in [0, 0.1) is 13.8 Å². The summed E-state index contributed by atoms with van der Waals surface area (Å²) in [7, 11) is 0. The molecule has 0 spiro atoms. The van der Waals surface area contributed by atoms with E-state index in [1.165, 1.54) is 0 Å². The van der Waals surface area contributed by atoms with E-state index in [9.17, 15) is 9.59 Å². The number of rotatable bonds is 9. The van der Waals surface area contributed by atoms with Gasteiger partial charge in [-0.05, 0) is 43.9 Å². The van der Waals surface area contributed by atoms with E-state index in [2.05, 4.69) is 11.4 Å². The van der Waals surface area contributed by atoms with Gasteiger partial charge in [-0.25, -0.2) is 0 Å². The zero-order valence-corrected chi connectivity index (χ0v) is 18.6. The smallest absolute Gasteiger partial charge is 0.242 e. The Morgan fingerprint density at radius 3 is 2.31 bits per heavy atom. The maximum absolute atomic E-state index is 13.3. The van der Waals surface area contributed by atoms with E-state index in [4.69, 9.17) is 11.6 Å². The second kappa shape index (κ2) is 11.0. The lowest BCUT2D eigenvalue weighted by Gasteiger charge is -2.31. The zero-order chi connectivity index (χ0) is 21.4. The van der Waals surface area contributed by atoms with Gasteiger partial charge in [-0.3, -0.25) is 9.59 Å². The topological polar surface area (TPSA) is 49.4 Å². The predicted molar refractivity (Wildman–Crippen MR) is 119 cm³/mol. The van der Waals surface area contributed by atoms with Crippen LogP contribution in [0.15, 0.2) is 42.5 Å². The van der Waals surface area contributed by atoms with Crippen LogP contribution < -0.4 is 5.32 Å². The maximum atomic E-state index is 13.3. The molecular weight excluding hydrogens is 384 g/mol. The third-order valence-corrected chi connectivity index (χ3v) is 5.24. The minimum absolute atomic E-state index is 0.0755. The van der Waals surface area contributed by atoms with E-state index in [-0.39, 0.29) is 18.2 Å². The number of amides is 2. The molecule has 0 saturated carbocycles. The minimum Gasteiger partial charge on any atom is -0.354 e. The fourth-order valence-electron chi connectivity index (χ4n) is 3.54. The zero-order valence-electron chi connectivity index (χ0n) is 17.8. The molecule has 1 N–H and O–H groups in total. The fourth-order valence-corrected chi connectivity index (χ4v) is 3.74. The minimum atomic E-state index is -0.531. The van der Waals surface area contributed by atoms with Gasteiger partial charge in [-0.2, -0.15) is 0 Å².